The Morgan fingerprint density at radius 1 is 0.886 bits per heavy atom. The van der Waals surface area contributed by atoms with Crippen LogP contribution in [0.15, 0.2) is 57.2 Å². The van der Waals surface area contributed by atoms with Gasteiger partial charge in [0, 0.05) is 23.7 Å². The van der Waals surface area contributed by atoms with Crippen LogP contribution in [0.3, 0.4) is 0 Å². The number of esters is 1. The van der Waals surface area contributed by atoms with E-state index in [1.807, 2.05) is 0 Å². The number of anilines is 2. The van der Waals surface area contributed by atoms with Crippen molar-refractivity contribution >= 4 is 52.6 Å². The van der Waals surface area contributed by atoms with Gasteiger partial charge in [-0.2, -0.15) is 0 Å². The molecule has 0 saturated carbocycles. The maximum Gasteiger partial charge on any atom is 0.436 e. The monoisotopic (exact) mass is 504 g/mol. The molecule has 1 unspecified atom stereocenters. The summed E-state index contributed by atoms with van der Waals surface area (Å²) in [5, 5.41) is 7.60. The minimum absolute atomic E-state index is 0.169. The van der Waals surface area contributed by atoms with Gasteiger partial charge in [0.05, 0.1) is 38.3 Å². The van der Waals surface area contributed by atoms with Crippen LogP contribution < -0.4 is 16.0 Å². The van der Waals surface area contributed by atoms with Crippen molar-refractivity contribution in [3.05, 3.63) is 48.0 Å². The average Bonchev–Trinajstić information content (AvgIpc) is 2.88. The fourth-order valence-electron chi connectivity index (χ4n) is 2.56. The summed E-state index contributed by atoms with van der Waals surface area (Å²) in [7, 11) is 3.48. The number of carbonyl (C=O) groups is 4. The lowest BCUT2D eigenvalue weighted by atomic mass is 10.2. The Kier molecular flexibility index (Phi) is 10.1. The van der Waals surface area contributed by atoms with Gasteiger partial charge in [0.15, 0.2) is 9.79 Å². The number of benzene rings is 2. The molecular weight excluding hydrogens is 480 g/mol. The number of hydrogen-bond acceptors (Lipinski definition) is 8. The Hall–Kier alpha value is -4.10. The molecule has 3 amide bonds. The summed E-state index contributed by atoms with van der Waals surface area (Å²) < 4.78 is 26.8. The molecule has 13 heteroatoms. The highest BCUT2D eigenvalue weighted by atomic mass is 32.2. The standard InChI is InChI=1S/C22H24N4O8S/c1-5-18(27)23-16-11-10-15(35(31)14-8-6-13(7-9-14)19(28)32-2)12-17(16)24-20(25-21(29)33-3)26-22(30)34-4/h6-12H,5H2,1-4H3,(H,23,27)(H2,24,25,26,29,30). The zero-order valence-electron chi connectivity index (χ0n) is 19.4. The number of hydrogen-bond donors (Lipinski definition) is 3. The molecule has 2 aromatic rings. The van der Waals surface area contributed by atoms with E-state index in [-0.39, 0.29) is 29.7 Å². The van der Waals surface area contributed by atoms with Crippen LogP contribution in [0.4, 0.5) is 21.0 Å². The predicted octanol–water partition coefficient (Wildman–Crippen LogP) is 2.88. The van der Waals surface area contributed by atoms with E-state index >= 15 is 0 Å². The second kappa shape index (κ2) is 13.0. The van der Waals surface area contributed by atoms with Crippen molar-refractivity contribution < 1.29 is 37.9 Å². The van der Waals surface area contributed by atoms with Gasteiger partial charge in [-0.3, -0.25) is 10.1 Å². The summed E-state index contributed by atoms with van der Waals surface area (Å²) in [4.78, 5) is 51.3. The summed E-state index contributed by atoms with van der Waals surface area (Å²) in [6.07, 6.45) is -1.76. The van der Waals surface area contributed by atoms with E-state index in [2.05, 4.69) is 35.2 Å². The molecule has 0 aliphatic carbocycles. The summed E-state index contributed by atoms with van der Waals surface area (Å²) >= 11 is -1.69. The molecule has 0 aliphatic rings. The van der Waals surface area contributed by atoms with Crippen molar-refractivity contribution in [3.8, 4) is 0 Å². The normalized spacial score (nSPS) is 11.6. The quantitative estimate of drug-likeness (QED) is 0.176. The molecular formula is C22H24N4O8S. The number of methoxy groups -OCH3 is 3. The van der Waals surface area contributed by atoms with Gasteiger partial charge in [0.25, 0.3) is 0 Å². The van der Waals surface area contributed by atoms with Crippen LogP contribution in [0.25, 0.3) is 0 Å². The third kappa shape index (κ3) is 7.72. The van der Waals surface area contributed by atoms with E-state index in [1.165, 1.54) is 49.6 Å². The molecule has 186 valence electrons. The molecule has 0 fully saturated rings. The molecule has 0 saturated heterocycles. The van der Waals surface area contributed by atoms with Crippen LogP contribution in [-0.4, -0.2) is 55.9 Å². The van der Waals surface area contributed by atoms with Gasteiger partial charge in [-0.1, -0.05) is 6.92 Å². The molecule has 0 radical (unpaired) electrons. The summed E-state index contributed by atoms with van der Waals surface area (Å²) in [6.45, 7) is 1.66. The van der Waals surface area contributed by atoms with Crippen LogP contribution >= 0.6 is 0 Å². The molecule has 3 N–H and O–H groups in total. The van der Waals surface area contributed by atoms with Crippen LogP contribution in [-0.2, 0) is 30.2 Å². The fourth-order valence-corrected chi connectivity index (χ4v) is 3.63. The van der Waals surface area contributed by atoms with Gasteiger partial charge in [0.1, 0.15) is 0 Å². The summed E-state index contributed by atoms with van der Waals surface area (Å²) in [5.41, 5.74) is 0.733. The van der Waals surface area contributed by atoms with Crippen molar-refractivity contribution in [1.82, 2.24) is 5.32 Å². The number of rotatable bonds is 6. The highest BCUT2D eigenvalue weighted by Gasteiger charge is 2.20. The molecule has 12 nitrogen and oxygen atoms in total. The number of aliphatic imine (C=N–C) groups is 1. The lowest BCUT2D eigenvalue weighted by Crippen LogP contribution is -2.36. The maximum absolute atomic E-state index is 13.2. The first kappa shape index (κ1) is 27.1. The third-order valence-electron chi connectivity index (χ3n) is 4.33. The zero-order chi connectivity index (χ0) is 26.0. The number of amides is 3. The second-order valence-corrected chi connectivity index (χ2v) is 8.05. The van der Waals surface area contributed by atoms with Gasteiger partial charge in [-0.25, -0.2) is 14.4 Å². The maximum atomic E-state index is 13.2. The highest BCUT2D eigenvalue weighted by Crippen LogP contribution is 2.29. The van der Waals surface area contributed by atoms with Crippen molar-refractivity contribution in [2.45, 2.75) is 23.1 Å². The van der Waals surface area contributed by atoms with E-state index in [9.17, 15) is 23.7 Å². The van der Waals surface area contributed by atoms with E-state index in [0.717, 1.165) is 14.2 Å². The van der Waals surface area contributed by atoms with E-state index in [0.29, 0.717) is 15.4 Å². The summed E-state index contributed by atoms with van der Waals surface area (Å²) in [5.74, 6) is -1.20. The Bertz CT molecular complexity index is 1120. The van der Waals surface area contributed by atoms with Crippen molar-refractivity contribution in [2.75, 3.05) is 32.0 Å². The molecule has 1 atom stereocenters. The number of alkyl carbamates (subject to hydrolysis) is 1. The number of ether oxygens (including phenoxy) is 3. The molecule has 0 bridgehead atoms. The number of carbonyl (C=O) groups excluding carboxylic acids is 4. The molecule has 0 heterocycles. The predicted molar refractivity (Wildman–Crippen MR) is 127 cm³/mol. The Labute approximate surface area is 204 Å². The number of guanidine groups is 1. The molecule has 2 rings (SSSR count). The zero-order valence-corrected chi connectivity index (χ0v) is 20.2. The molecule has 0 aliphatic heterocycles. The number of nitrogens with one attached hydrogen (secondary N) is 3. The van der Waals surface area contributed by atoms with Gasteiger partial charge in [0.2, 0.25) is 11.9 Å². The molecule has 0 spiro atoms. The Morgan fingerprint density at radius 3 is 2.11 bits per heavy atom. The minimum atomic E-state index is -1.69. The van der Waals surface area contributed by atoms with Gasteiger partial charge in [-0.05, 0) is 36.4 Å². The van der Waals surface area contributed by atoms with E-state index in [1.54, 1.807) is 6.92 Å². The SMILES string of the molecule is CCC(=O)Nc1ccc([S+]([O-])c2ccc(C(=O)OC)cc2)cc1NC(=NC(=O)OC)NC(=O)OC. The molecule has 0 aromatic heterocycles. The lowest BCUT2D eigenvalue weighted by Gasteiger charge is -2.17. The highest BCUT2D eigenvalue weighted by molar-refractivity contribution is 7.91. The first-order valence-electron chi connectivity index (χ1n) is 10.0. The van der Waals surface area contributed by atoms with Crippen molar-refractivity contribution in [1.29, 1.82) is 0 Å². The van der Waals surface area contributed by atoms with Gasteiger partial charge in [-0.15, -0.1) is 4.99 Å². The molecule has 35 heavy (non-hydrogen) atoms. The first-order valence-corrected chi connectivity index (χ1v) is 11.2. The fraction of sp³-hybridized carbons (Fsp3) is 0.227. The Balaban J connectivity index is 2.46. The Morgan fingerprint density at radius 2 is 1.54 bits per heavy atom. The van der Waals surface area contributed by atoms with E-state index in [4.69, 9.17) is 0 Å². The van der Waals surface area contributed by atoms with Gasteiger partial charge >= 0.3 is 18.2 Å². The largest absolute Gasteiger partial charge is 0.606 e. The number of nitrogens with zero attached hydrogens (tertiary/aromatic N) is 1. The topological polar surface area (TPSA) is 167 Å². The van der Waals surface area contributed by atoms with Gasteiger partial charge < -0.3 is 29.4 Å². The van der Waals surface area contributed by atoms with Crippen LogP contribution in [0, 0.1) is 0 Å². The lowest BCUT2D eigenvalue weighted by molar-refractivity contribution is -0.115. The van der Waals surface area contributed by atoms with Crippen molar-refractivity contribution in [3.63, 3.8) is 0 Å². The van der Waals surface area contributed by atoms with Crippen LogP contribution in [0.2, 0.25) is 0 Å². The van der Waals surface area contributed by atoms with Crippen molar-refractivity contribution in [2.24, 2.45) is 4.99 Å². The average molecular weight is 505 g/mol. The smallest absolute Gasteiger partial charge is 0.436 e. The second-order valence-electron chi connectivity index (χ2n) is 6.57. The van der Waals surface area contributed by atoms with E-state index < -0.39 is 29.3 Å². The third-order valence-corrected chi connectivity index (χ3v) is 5.71. The summed E-state index contributed by atoms with van der Waals surface area (Å²) in [6, 6.07) is 10.5. The first-order chi connectivity index (χ1) is 16.7. The van der Waals surface area contributed by atoms with Crippen LogP contribution in [0.5, 0.6) is 0 Å². The van der Waals surface area contributed by atoms with Crippen LogP contribution in [0.1, 0.15) is 23.7 Å². The molecule has 2 aromatic carbocycles. The minimum Gasteiger partial charge on any atom is -0.606 e.